The van der Waals surface area contributed by atoms with Crippen LogP contribution in [0.3, 0.4) is 0 Å². The third-order valence-corrected chi connectivity index (χ3v) is 2.51. The Hall–Kier alpha value is -2.41. The topological polar surface area (TPSA) is 118 Å². The number of fused-ring (bicyclic) bond motifs is 1. The number of hydrogen-bond acceptors (Lipinski definition) is 5. The Morgan fingerprint density at radius 1 is 1.44 bits per heavy atom. The zero-order chi connectivity index (χ0) is 13.3. The van der Waals surface area contributed by atoms with E-state index in [0.717, 1.165) is 6.20 Å². The van der Waals surface area contributed by atoms with Crippen molar-refractivity contribution in [3.63, 3.8) is 0 Å². The van der Waals surface area contributed by atoms with Gasteiger partial charge in [-0.2, -0.15) is 0 Å². The summed E-state index contributed by atoms with van der Waals surface area (Å²) in [6, 6.07) is 2.86. The molecule has 0 amide bonds. The Balaban J connectivity index is 2.87. The lowest BCUT2D eigenvalue weighted by molar-refractivity contribution is 0.0694. The van der Waals surface area contributed by atoms with E-state index in [1.54, 1.807) is 0 Å². The van der Waals surface area contributed by atoms with Crippen LogP contribution < -0.4 is 11.2 Å². The van der Waals surface area contributed by atoms with Gasteiger partial charge in [0.15, 0.2) is 0 Å². The summed E-state index contributed by atoms with van der Waals surface area (Å²) in [5.41, 5.74) is 4.82. The molecule has 7 heteroatoms. The molecular weight excluding hydrogens is 238 g/mol. The highest BCUT2D eigenvalue weighted by Gasteiger charge is 2.15. The minimum atomic E-state index is -1.31. The van der Waals surface area contributed by atoms with Gasteiger partial charge in [0, 0.05) is 12.7 Å². The number of aliphatic hydroxyl groups is 1. The van der Waals surface area contributed by atoms with E-state index in [1.165, 1.54) is 16.7 Å². The largest absolute Gasteiger partial charge is 0.477 e. The first-order valence-electron chi connectivity index (χ1n) is 5.18. The average molecular weight is 249 g/mol. The average Bonchev–Trinajstić information content (AvgIpc) is 2.32. The Labute approximate surface area is 101 Å². The molecule has 0 aliphatic carbocycles. The molecule has 4 N–H and O–H groups in total. The summed E-state index contributed by atoms with van der Waals surface area (Å²) in [6.07, 6.45) is 1.16. The van der Waals surface area contributed by atoms with Crippen LogP contribution in [0.2, 0.25) is 0 Å². The van der Waals surface area contributed by atoms with Crippen LogP contribution in [0, 0.1) is 0 Å². The van der Waals surface area contributed by atoms with Gasteiger partial charge in [-0.15, -0.1) is 0 Å². The highest BCUT2D eigenvalue weighted by Crippen LogP contribution is 2.12. The number of nitrogens with two attached hydrogens (primary N) is 1. The maximum atomic E-state index is 11.9. The Kier molecular flexibility index (Phi) is 2.99. The minimum absolute atomic E-state index is 0.132. The molecule has 2 heterocycles. The van der Waals surface area contributed by atoms with Crippen molar-refractivity contribution in [3.8, 4) is 0 Å². The smallest absolute Gasteiger partial charge is 0.341 e. The lowest BCUT2D eigenvalue weighted by Crippen LogP contribution is -2.20. The Morgan fingerprint density at radius 3 is 2.78 bits per heavy atom. The number of nitrogens with zero attached hydrogens (tertiary/aromatic N) is 2. The number of aromatic carboxylic acids is 1. The van der Waals surface area contributed by atoms with E-state index in [4.69, 9.17) is 15.9 Å². The first-order valence-corrected chi connectivity index (χ1v) is 5.18. The second-order valence-corrected chi connectivity index (χ2v) is 3.70. The molecule has 0 radical (unpaired) electrons. The molecule has 0 aliphatic heterocycles. The lowest BCUT2D eigenvalue weighted by Gasteiger charge is -2.10. The molecule has 0 fully saturated rings. The molecule has 0 saturated heterocycles. The molecule has 7 nitrogen and oxygen atoms in total. The van der Waals surface area contributed by atoms with Gasteiger partial charge >= 0.3 is 5.97 Å². The summed E-state index contributed by atoms with van der Waals surface area (Å²) in [6.45, 7) is -0.0684. The highest BCUT2D eigenvalue weighted by atomic mass is 16.4. The van der Waals surface area contributed by atoms with Gasteiger partial charge in [-0.05, 0) is 12.1 Å². The molecule has 0 aliphatic rings. The van der Waals surface area contributed by atoms with E-state index in [0.29, 0.717) is 0 Å². The number of pyridine rings is 2. The molecule has 0 unspecified atom stereocenters. The van der Waals surface area contributed by atoms with Gasteiger partial charge in [0.05, 0.1) is 12.0 Å². The molecular formula is C11H11N3O4. The first kappa shape index (κ1) is 12.1. The second-order valence-electron chi connectivity index (χ2n) is 3.70. The van der Waals surface area contributed by atoms with Crippen LogP contribution in [0.15, 0.2) is 23.1 Å². The predicted octanol–water partition coefficient (Wildman–Crippen LogP) is -0.331. The maximum Gasteiger partial charge on any atom is 0.341 e. The normalized spacial score (nSPS) is 10.7. The van der Waals surface area contributed by atoms with Crippen LogP contribution in [0.25, 0.3) is 11.0 Å². The molecule has 0 bridgehead atoms. The molecule has 2 rings (SSSR count). The van der Waals surface area contributed by atoms with Crippen LogP contribution in [0.5, 0.6) is 0 Å². The maximum absolute atomic E-state index is 11.9. The summed E-state index contributed by atoms with van der Waals surface area (Å²) in [5.74, 6) is -1.10. The fourth-order valence-corrected chi connectivity index (χ4v) is 1.71. The molecule has 0 atom stereocenters. The van der Waals surface area contributed by atoms with Crippen molar-refractivity contribution in [3.05, 3.63) is 34.1 Å². The number of hydrogen-bond donors (Lipinski definition) is 3. The molecule has 18 heavy (non-hydrogen) atoms. The number of nitrogen functional groups attached to an aromatic ring is 1. The molecule has 0 spiro atoms. The molecule has 0 saturated carbocycles. The van der Waals surface area contributed by atoms with Gasteiger partial charge in [0.1, 0.15) is 17.0 Å². The summed E-state index contributed by atoms with van der Waals surface area (Å²) in [5, 5.41) is 18.1. The van der Waals surface area contributed by atoms with Crippen molar-refractivity contribution in [2.75, 3.05) is 12.3 Å². The van der Waals surface area contributed by atoms with E-state index in [9.17, 15) is 9.59 Å². The van der Waals surface area contributed by atoms with Gasteiger partial charge in [-0.1, -0.05) is 0 Å². The number of carboxylic acids is 1. The van der Waals surface area contributed by atoms with Crippen molar-refractivity contribution >= 4 is 22.8 Å². The number of anilines is 1. The van der Waals surface area contributed by atoms with Gasteiger partial charge < -0.3 is 20.5 Å². The van der Waals surface area contributed by atoms with Crippen molar-refractivity contribution in [1.82, 2.24) is 9.55 Å². The van der Waals surface area contributed by atoms with E-state index in [1.807, 2.05) is 0 Å². The fraction of sp³-hybridized carbons (Fsp3) is 0.182. The van der Waals surface area contributed by atoms with Crippen molar-refractivity contribution < 1.29 is 15.0 Å². The zero-order valence-electron chi connectivity index (χ0n) is 9.33. The summed E-state index contributed by atoms with van der Waals surface area (Å²) in [4.78, 5) is 26.9. The van der Waals surface area contributed by atoms with Gasteiger partial charge in [-0.3, -0.25) is 4.79 Å². The lowest BCUT2D eigenvalue weighted by atomic mass is 10.2. The summed E-state index contributed by atoms with van der Waals surface area (Å²) in [7, 11) is 0. The van der Waals surface area contributed by atoms with E-state index < -0.39 is 11.4 Å². The predicted molar refractivity (Wildman–Crippen MR) is 64.5 cm³/mol. The summed E-state index contributed by atoms with van der Waals surface area (Å²) >= 11 is 0. The highest BCUT2D eigenvalue weighted by molar-refractivity contribution is 5.91. The number of aliphatic hydroxyl groups excluding tert-OH is 1. The van der Waals surface area contributed by atoms with E-state index >= 15 is 0 Å². The number of aromatic nitrogens is 2. The number of rotatable bonds is 3. The van der Waals surface area contributed by atoms with Gasteiger partial charge in [-0.25, -0.2) is 9.78 Å². The van der Waals surface area contributed by atoms with Crippen molar-refractivity contribution in [2.45, 2.75) is 6.54 Å². The van der Waals surface area contributed by atoms with Crippen LogP contribution in [-0.4, -0.2) is 32.3 Å². The number of carbonyl (C=O) groups is 1. The molecule has 2 aromatic heterocycles. The zero-order valence-corrected chi connectivity index (χ0v) is 9.33. The van der Waals surface area contributed by atoms with Crippen LogP contribution in [0.4, 0.5) is 5.82 Å². The monoisotopic (exact) mass is 249 g/mol. The molecule has 94 valence electrons. The third kappa shape index (κ3) is 1.91. The molecule has 2 aromatic rings. The fourth-order valence-electron chi connectivity index (χ4n) is 1.71. The van der Waals surface area contributed by atoms with E-state index in [2.05, 4.69) is 4.98 Å². The minimum Gasteiger partial charge on any atom is -0.477 e. The Bertz CT molecular complexity index is 678. The van der Waals surface area contributed by atoms with Crippen LogP contribution >= 0.6 is 0 Å². The van der Waals surface area contributed by atoms with E-state index in [-0.39, 0.29) is 35.6 Å². The SMILES string of the molecule is Nc1ccc2c(=O)c(C(=O)O)cn(CCO)c2n1. The van der Waals surface area contributed by atoms with Gasteiger partial charge in [0.2, 0.25) is 5.43 Å². The van der Waals surface area contributed by atoms with Crippen molar-refractivity contribution in [1.29, 1.82) is 0 Å². The first-order chi connectivity index (χ1) is 8.54. The van der Waals surface area contributed by atoms with Crippen LogP contribution in [0.1, 0.15) is 10.4 Å². The number of carboxylic acid groups (broad SMARTS) is 1. The Morgan fingerprint density at radius 2 is 2.17 bits per heavy atom. The standard InChI is InChI=1S/C11H11N3O4/c12-8-2-1-6-9(16)7(11(17)18)5-14(3-4-15)10(6)13-8/h1-2,5,15H,3-4H2,(H2,12,13)(H,17,18). The second kappa shape index (κ2) is 4.46. The third-order valence-electron chi connectivity index (χ3n) is 2.51. The quantitative estimate of drug-likeness (QED) is 0.685. The molecule has 0 aromatic carbocycles. The van der Waals surface area contributed by atoms with Crippen LogP contribution in [-0.2, 0) is 6.54 Å². The van der Waals surface area contributed by atoms with Crippen molar-refractivity contribution in [2.24, 2.45) is 0 Å². The summed E-state index contributed by atoms with van der Waals surface area (Å²) < 4.78 is 1.40. The van der Waals surface area contributed by atoms with Gasteiger partial charge in [0.25, 0.3) is 0 Å².